The van der Waals surface area contributed by atoms with Crippen LogP contribution < -0.4 is 10.1 Å². The first-order chi connectivity index (χ1) is 10.1. The molecule has 1 aromatic rings. The summed E-state index contributed by atoms with van der Waals surface area (Å²) in [6.07, 6.45) is 7.56. The van der Waals surface area contributed by atoms with Crippen LogP contribution in [-0.4, -0.2) is 19.2 Å². The number of fused-ring (bicyclic) bond motifs is 1. The number of rotatable bonds is 7. The Balaban J connectivity index is 1.83. The van der Waals surface area contributed by atoms with E-state index in [1.54, 1.807) is 7.11 Å². The quantitative estimate of drug-likeness (QED) is 0.805. The molecular weight excluding hydrogens is 258 g/mol. The van der Waals surface area contributed by atoms with Crippen molar-refractivity contribution < 1.29 is 4.74 Å². The molecule has 0 heterocycles. The second-order valence-electron chi connectivity index (χ2n) is 6.97. The molecule has 0 saturated heterocycles. The molecule has 118 valence electrons. The lowest BCUT2D eigenvalue weighted by Crippen LogP contribution is -2.40. The molecule has 0 aliphatic heterocycles. The Morgan fingerprint density at radius 1 is 1.19 bits per heavy atom. The monoisotopic (exact) mass is 289 g/mol. The standard InChI is InChI=1S/C19H31NO/c1-14(2)6-5-7-15(3)20-18-10-8-16-9-11-19(21-4)13-17(16)12-18/h9,11,13-15,18,20H,5-8,10,12H2,1-4H3. The first kappa shape index (κ1) is 16.4. The second kappa shape index (κ2) is 7.84. The molecule has 2 nitrogen and oxygen atoms in total. The molecular formula is C19H31NO. The minimum atomic E-state index is 0.624. The van der Waals surface area contributed by atoms with Crippen LogP contribution in [-0.2, 0) is 12.8 Å². The van der Waals surface area contributed by atoms with E-state index in [9.17, 15) is 0 Å². The molecule has 21 heavy (non-hydrogen) atoms. The van der Waals surface area contributed by atoms with Crippen LogP contribution in [0.4, 0.5) is 0 Å². The number of aryl methyl sites for hydroxylation is 1. The average Bonchev–Trinajstić information content (AvgIpc) is 2.46. The van der Waals surface area contributed by atoms with Crippen LogP contribution in [0.25, 0.3) is 0 Å². The van der Waals surface area contributed by atoms with E-state index in [1.807, 2.05) is 0 Å². The molecule has 2 unspecified atom stereocenters. The smallest absolute Gasteiger partial charge is 0.119 e. The molecule has 1 aliphatic rings. The molecule has 0 bridgehead atoms. The summed E-state index contributed by atoms with van der Waals surface area (Å²) in [5, 5.41) is 3.83. The Morgan fingerprint density at radius 2 is 2.00 bits per heavy atom. The van der Waals surface area contributed by atoms with E-state index in [-0.39, 0.29) is 0 Å². The van der Waals surface area contributed by atoms with Crippen LogP contribution in [0.3, 0.4) is 0 Å². The van der Waals surface area contributed by atoms with Gasteiger partial charge in [0.2, 0.25) is 0 Å². The maximum absolute atomic E-state index is 5.35. The Labute approximate surface area is 130 Å². The Bertz CT molecular complexity index is 441. The highest BCUT2D eigenvalue weighted by atomic mass is 16.5. The van der Waals surface area contributed by atoms with Crippen LogP contribution in [0, 0.1) is 5.92 Å². The Morgan fingerprint density at radius 3 is 2.71 bits per heavy atom. The zero-order chi connectivity index (χ0) is 15.2. The van der Waals surface area contributed by atoms with E-state index in [2.05, 4.69) is 44.3 Å². The summed E-state index contributed by atoms with van der Waals surface area (Å²) < 4.78 is 5.35. The third-order valence-electron chi connectivity index (χ3n) is 4.58. The normalized spacial score (nSPS) is 19.4. The maximum Gasteiger partial charge on any atom is 0.119 e. The molecule has 0 spiro atoms. The number of ether oxygens (including phenoxy) is 1. The van der Waals surface area contributed by atoms with E-state index >= 15 is 0 Å². The lowest BCUT2D eigenvalue weighted by Gasteiger charge is -2.29. The number of nitrogens with one attached hydrogen (secondary N) is 1. The van der Waals surface area contributed by atoms with E-state index < -0.39 is 0 Å². The van der Waals surface area contributed by atoms with Crippen LogP contribution >= 0.6 is 0 Å². The topological polar surface area (TPSA) is 21.3 Å². The van der Waals surface area contributed by atoms with Crippen molar-refractivity contribution >= 4 is 0 Å². The highest BCUT2D eigenvalue weighted by molar-refractivity contribution is 5.37. The molecule has 0 saturated carbocycles. The third kappa shape index (κ3) is 5.03. The van der Waals surface area contributed by atoms with Crippen molar-refractivity contribution in [3.05, 3.63) is 29.3 Å². The Kier molecular flexibility index (Phi) is 6.10. The van der Waals surface area contributed by atoms with Gasteiger partial charge in [-0.1, -0.05) is 32.8 Å². The summed E-state index contributed by atoms with van der Waals surface area (Å²) in [6.45, 7) is 6.95. The summed E-state index contributed by atoms with van der Waals surface area (Å²) in [7, 11) is 1.75. The third-order valence-corrected chi connectivity index (χ3v) is 4.58. The van der Waals surface area contributed by atoms with Gasteiger partial charge in [0.15, 0.2) is 0 Å². The SMILES string of the molecule is COc1ccc2c(c1)CC(NC(C)CCCC(C)C)CC2. The van der Waals surface area contributed by atoms with E-state index in [0.717, 1.165) is 18.1 Å². The molecule has 1 aromatic carbocycles. The van der Waals surface area contributed by atoms with Crippen LogP contribution in [0.2, 0.25) is 0 Å². The van der Waals surface area contributed by atoms with Gasteiger partial charge in [0, 0.05) is 12.1 Å². The van der Waals surface area contributed by atoms with Gasteiger partial charge in [0.1, 0.15) is 5.75 Å². The molecule has 0 radical (unpaired) electrons. The molecule has 0 aromatic heterocycles. The highest BCUT2D eigenvalue weighted by Gasteiger charge is 2.20. The highest BCUT2D eigenvalue weighted by Crippen LogP contribution is 2.26. The number of hydrogen-bond acceptors (Lipinski definition) is 2. The van der Waals surface area contributed by atoms with Gasteiger partial charge in [-0.25, -0.2) is 0 Å². The predicted octanol–water partition coefficient (Wildman–Crippen LogP) is 4.36. The lowest BCUT2D eigenvalue weighted by atomic mass is 9.87. The molecule has 2 rings (SSSR count). The predicted molar refractivity (Wildman–Crippen MR) is 90.1 cm³/mol. The van der Waals surface area contributed by atoms with Gasteiger partial charge in [-0.2, -0.15) is 0 Å². The van der Waals surface area contributed by atoms with Gasteiger partial charge in [-0.3, -0.25) is 0 Å². The molecule has 1 N–H and O–H groups in total. The molecule has 1 aliphatic carbocycles. The molecule has 0 amide bonds. The minimum absolute atomic E-state index is 0.624. The zero-order valence-electron chi connectivity index (χ0n) is 14.1. The molecule has 0 fully saturated rings. The fraction of sp³-hybridized carbons (Fsp3) is 0.684. The zero-order valence-corrected chi connectivity index (χ0v) is 14.1. The first-order valence-electron chi connectivity index (χ1n) is 8.50. The maximum atomic E-state index is 5.35. The summed E-state index contributed by atoms with van der Waals surface area (Å²) in [4.78, 5) is 0. The van der Waals surface area contributed by atoms with Crippen molar-refractivity contribution in [2.75, 3.05) is 7.11 Å². The van der Waals surface area contributed by atoms with Crippen LogP contribution in [0.15, 0.2) is 18.2 Å². The van der Waals surface area contributed by atoms with E-state index in [0.29, 0.717) is 12.1 Å². The average molecular weight is 289 g/mol. The number of methoxy groups -OCH3 is 1. The summed E-state index contributed by atoms with van der Waals surface area (Å²) >= 11 is 0. The van der Waals surface area contributed by atoms with Gasteiger partial charge < -0.3 is 10.1 Å². The largest absolute Gasteiger partial charge is 0.497 e. The number of hydrogen-bond donors (Lipinski definition) is 1. The first-order valence-corrected chi connectivity index (χ1v) is 8.50. The minimum Gasteiger partial charge on any atom is -0.497 e. The Hall–Kier alpha value is -1.02. The van der Waals surface area contributed by atoms with E-state index in [4.69, 9.17) is 4.74 Å². The fourth-order valence-corrected chi connectivity index (χ4v) is 3.32. The van der Waals surface area contributed by atoms with Crippen molar-refractivity contribution in [1.82, 2.24) is 5.32 Å². The van der Waals surface area contributed by atoms with Gasteiger partial charge in [0.25, 0.3) is 0 Å². The van der Waals surface area contributed by atoms with Gasteiger partial charge in [-0.15, -0.1) is 0 Å². The second-order valence-corrected chi connectivity index (χ2v) is 6.97. The summed E-state index contributed by atoms with van der Waals surface area (Å²) in [5.41, 5.74) is 2.97. The summed E-state index contributed by atoms with van der Waals surface area (Å²) in [5.74, 6) is 1.81. The van der Waals surface area contributed by atoms with Gasteiger partial charge >= 0.3 is 0 Å². The van der Waals surface area contributed by atoms with Crippen molar-refractivity contribution in [2.24, 2.45) is 5.92 Å². The van der Waals surface area contributed by atoms with Crippen molar-refractivity contribution in [3.63, 3.8) is 0 Å². The fourth-order valence-electron chi connectivity index (χ4n) is 3.32. The van der Waals surface area contributed by atoms with Crippen LogP contribution in [0.5, 0.6) is 5.75 Å². The summed E-state index contributed by atoms with van der Waals surface area (Å²) in [6, 6.07) is 7.78. The van der Waals surface area contributed by atoms with Crippen molar-refractivity contribution in [3.8, 4) is 5.75 Å². The molecule has 2 heteroatoms. The van der Waals surface area contributed by atoms with Gasteiger partial charge in [0.05, 0.1) is 7.11 Å². The van der Waals surface area contributed by atoms with Crippen molar-refractivity contribution in [2.45, 2.75) is 71.4 Å². The van der Waals surface area contributed by atoms with Crippen molar-refractivity contribution in [1.29, 1.82) is 0 Å². The molecule has 2 atom stereocenters. The lowest BCUT2D eigenvalue weighted by molar-refractivity contribution is 0.377. The van der Waals surface area contributed by atoms with Gasteiger partial charge in [-0.05, 0) is 61.8 Å². The van der Waals surface area contributed by atoms with E-state index in [1.165, 1.54) is 43.2 Å². The number of benzene rings is 1. The van der Waals surface area contributed by atoms with Crippen LogP contribution in [0.1, 0.15) is 57.6 Å².